The molecule has 0 saturated heterocycles. The number of hydrogen-bond acceptors (Lipinski definition) is 4. The van der Waals surface area contributed by atoms with Crippen molar-refractivity contribution in [3.8, 4) is 0 Å². The summed E-state index contributed by atoms with van der Waals surface area (Å²) in [6.07, 6.45) is 1.75. The van der Waals surface area contributed by atoms with Crippen LogP contribution in [0.1, 0.15) is 36.4 Å². The molecule has 3 aromatic rings. The largest absolute Gasteiger partial charge is 0.333 e. The van der Waals surface area contributed by atoms with E-state index in [1.165, 1.54) is 27.3 Å². The normalized spacial score (nSPS) is 13.8. The fourth-order valence-electron chi connectivity index (χ4n) is 3.06. The van der Waals surface area contributed by atoms with Gasteiger partial charge in [0.25, 0.3) is 5.91 Å². The molecule has 0 radical (unpaired) electrons. The molecule has 122 valence electrons. The zero-order valence-corrected chi connectivity index (χ0v) is 15.1. The first kappa shape index (κ1) is 15.5. The van der Waals surface area contributed by atoms with Crippen molar-refractivity contribution < 1.29 is 4.79 Å². The van der Waals surface area contributed by atoms with Crippen LogP contribution in [-0.2, 0) is 19.4 Å². The van der Waals surface area contributed by atoms with E-state index in [-0.39, 0.29) is 5.91 Å². The summed E-state index contributed by atoms with van der Waals surface area (Å²) in [5.74, 6) is 0.126. The van der Waals surface area contributed by atoms with Gasteiger partial charge in [0.2, 0.25) is 0 Å². The number of carbonyl (C=O) groups excluding carboxylic acids is 1. The minimum Gasteiger partial charge on any atom is -0.333 e. The van der Waals surface area contributed by atoms with E-state index in [9.17, 15) is 4.79 Å². The number of rotatable bonds is 3. The number of thiazole rings is 1. The summed E-state index contributed by atoms with van der Waals surface area (Å²) in [6, 6.07) is 12.4. The second kappa shape index (κ2) is 6.49. The highest BCUT2D eigenvalue weighted by Crippen LogP contribution is 2.28. The van der Waals surface area contributed by atoms with Crippen molar-refractivity contribution in [3.63, 3.8) is 0 Å². The fraction of sp³-hybridized carbons (Fsp3) is 0.263. The monoisotopic (exact) mass is 354 g/mol. The molecule has 1 amide bonds. The summed E-state index contributed by atoms with van der Waals surface area (Å²) < 4.78 is 0. The summed E-state index contributed by atoms with van der Waals surface area (Å²) >= 11 is 3.34. The van der Waals surface area contributed by atoms with Crippen LogP contribution in [-0.4, -0.2) is 22.3 Å². The third-order valence-corrected chi connectivity index (χ3v) is 6.50. The van der Waals surface area contributed by atoms with E-state index >= 15 is 0 Å². The van der Waals surface area contributed by atoms with Crippen molar-refractivity contribution in [2.45, 2.75) is 26.3 Å². The average Bonchev–Trinajstić information content (AvgIpc) is 3.20. The molecular formula is C19H18N2OS2. The molecule has 0 bridgehead atoms. The Labute approximate surface area is 149 Å². The van der Waals surface area contributed by atoms with Gasteiger partial charge in [-0.1, -0.05) is 30.3 Å². The molecule has 0 saturated carbocycles. The van der Waals surface area contributed by atoms with E-state index in [0.29, 0.717) is 0 Å². The molecule has 0 N–H and O–H groups in total. The lowest BCUT2D eigenvalue weighted by molar-refractivity contribution is 0.0740. The van der Waals surface area contributed by atoms with Crippen molar-refractivity contribution in [1.82, 2.24) is 9.88 Å². The molecule has 1 aromatic carbocycles. The second-order valence-electron chi connectivity index (χ2n) is 6.03. The average molecular weight is 355 g/mol. The Kier molecular flexibility index (Phi) is 4.21. The summed E-state index contributed by atoms with van der Waals surface area (Å²) in [5, 5.41) is 3.13. The van der Waals surface area contributed by atoms with Gasteiger partial charge in [-0.2, -0.15) is 0 Å². The molecule has 3 heterocycles. The quantitative estimate of drug-likeness (QED) is 0.702. The maximum absolute atomic E-state index is 12.9. The summed E-state index contributed by atoms with van der Waals surface area (Å²) in [7, 11) is 0. The number of thiophene rings is 1. The van der Waals surface area contributed by atoms with Gasteiger partial charge < -0.3 is 4.90 Å². The summed E-state index contributed by atoms with van der Waals surface area (Å²) in [4.78, 5) is 21.7. The van der Waals surface area contributed by atoms with Gasteiger partial charge in [0.05, 0.1) is 10.7 Å². The molecule has 0 fully saturated rings. The Morgan fingerprint density at radius 2 is 2.08 bits per heavy atom. The first-order chi connectivity index (χ1) is 11.7. The Balaban J connectivity index is 1.53. The van der Waals surface area contributed by atoms with E-state index in [1.54, 1.807) is 11.3 Å². The summed E-state index contributed by atoms with van der Waals surface area (Å²) in [6.45, 7) is 3.47. The first-order valence-electron chi connectivity index (χ1n) is 8.05. The minimum absolute atomic E-state index is 0.126. The summed E-state index contributed by atoms with van der Waals surface area (Å²) in [5.41, 5.74) is 3.38. The van der Waals surface area contributed by atoms with Crippen LogP contribution < -0.4 is 0 Å². The predicted octanol–water partition coefficient (Wildman–Crippen LogP) is 4.30. The lowest BCUT2D eigenvalue weighted by atomic mass is 10.1. The van der Waals surface area contributed by atoms with Crippen LogP contribution in [0.2, 0.25) is 0 Å². The van der Waals surface area contributed by atoms with E-state index in [0.717, 1.165) is 41.5 Å². The number of aryl methyl sites for hydroxylation is 1. The second-order valence-corrected chi connectivity index (χ2v) is 8.11. The molecule has 3 nitrogen and oxygen atoms in total. The number of carbonyl (C=O) groups is 1. The third kappa shape index (κ3) is 3.01. The Morgan fingerprint density at radius 1 is 1.25 bits per heavy atom. The molecule has 5 heteroatoms. The van der Waals surface area contributed by atoms with Crippen LogP contribution >= 0.6 is 22.7 Å². The number of amides is 1. The maximum atomic E-state index is 12.9. The van der Waals surface area contributed by atoms with E-state index in [2.05, 4.69) is 28.6 Å². The molecule has 2 aromatic heterocycles. The van der Waals surface area contributed by atoms with Gasteiger partial charge in [0.15, 0.2) is 0 Å². The smallest absolute Gasteiger partial charge is 0.266 e. The van der Waals surface area contributed by atoms with E-state index < -0.39 is 0 Å². The predicted molar refractivity (Wildman–Crippen MR) is 98.9 cm³/mol. The number of fused-ring (bicyclic) bond motifs is 1. The van der Waals surface area contributed by atoms with Gasteiger partial charge in [-0.3, -0.25) is 4.79 Å². The molecule has 4 rings (SSSR count). The lowest BCUT2D eigenvalue weighted by Crippen LogP contribution is -2.35. The maximum Gasteiger partial charge on any atom is 0.266 e. The zero-order valence-electron chi connectivity index (χ0n) is 13.5. The standard InChI is InChI=1S/C19H18N2OS2/c1-13-18(24-17(20-13)11-14-5-3-2-4-6-14)19(22)21-9-7-16-15(12-21)8-10-23-16/h2-6,8,10H,7,9,11-12H2,1H3. The van der Waals surface area contributed by atoms with Crippen LogP contribution in [0, 0.1) is 6.92 Å². The SMILES string of the molecule is Cc1nc(Cc2ccccc2)sc1C(=O)N1CCc2sccc2C1. The van der Waals surface area contributed by atoms with Gasteiger partial charge in [-0.25, -0.2) is 4.98 Å². The molecule has 0 unspecified atom stereocenters. The van der Waals surface area contributed by atoms with Crippen molar-refractivity contribution in [2.24, 2.45) is 0 Å². The van der Waals surface area contributed by atoms with Crippen LogP contribution in [0.25, 0.3) is 0 Å². The zero-order chi connectivity index (χ0) is 16.5. The van der Waals surface area contributed by atoms with E-state index in [1.807, 2.05) is 30.0 Å². The van der Waals surface area contributed by atoms with Crippen molar-refractivity contribution >= 4 is 28.6 Å². The molecule has 1 aliphatic heterocycles. The number of aromatic nitrogens is 1. The fourth-order valence-corrected chi connectivity index (χ4v) is 5.02. The third-order valence-electron chi connectivity index (χ3n) is 4.33. The van der Waals surface area contributed by atoms with Crippen LogP contribution in [0.5, 0.6) is 0 Å². The molecule has 0 atom stereocenters. The number of nitrogens with zero attached hydrogens (tertiary/aromatic N) is 2. The number of hydrogen-bond donors (Lipinski definition) is 0. The van der Waals surface area contributed by atoms with Crippen LogP contribution in [0.15, 0.2) is 41.8 Å². The van der Waals surface area contributed by atoms with Gasteiger partial charge in [-0.05, 0) is 35.9 Å². The Morgan fingerprint density at radius 3 is 2.92 bits per heavy atom. The van der Waals surface area contributed by atoms with Crippen molar-refractivity contribution in [1.29, 1.82) is 0 Å². The Bertz CT molecular complexity index is 867. The van der Waals surface area contributed by atoms with Crippen LogP contribution in [0.3, 0.4) is 0 Å². The van der Waals surface area contributed by atoms with Crippen LogP contribution in [0.4, 0.5) is 0 Å². The highest BCUT2D eigenvalue weighted by Gasteiger charge is 2.25. The van der Waals surface area contributed by atoms with Crippen molar-refractivity contribution in [2.75, 3.05) is 6.54 Å². The molecular weight excluding hydrogens is 336 g/mol. The topological polar surface area (TPSA) is 33.2 Å². The highest BCUT2D eigenvalue weighted by atomic mass is 32.1. The lowest BCUT2D eigenvalue weighted by Gasteiger charge is -2.26. The molecule has 24 heavy (non-hydrogen) atoms. The highest BCUT2D eigenvalue weighted by molar-refractivity contribution is 7.13. The molecule has 0 aliphatic carbocycles. The molecule has 1 aliphatic rings. The van der Waals surface area contributed by atoms with Gasteiger partial charge in [-0.15, -0.1) is 22.7 Å². The minimum atomic E-state index is 0.126. The van der Waals surface area contributed by atoms with Crippen molar-refractivity contribution in [3.05, 3.63) is 73.4 Å². The van der Waals surface area contributed by atoms with E-state index in [4.69, 9.17) is 0 Å². The van der Waals surface area contributed by atoms with Gasteiger partial charge in [0, 0.05) is 24.4 Å². The number of benzene rings is 1. The van der Waals surface area contributed by atoms with Gasteiger partial charge in [0.1, 0.15) is 4.88 Å². The molecule has 0 spiro atoms. The van der Waals surface area contributed by atoms with Gasteiger partial charge >= 0.3 is 0 Å². The first-order valence-corrected chi connectivity index (χ1v) is 9.75. The Hall–Kier alpha value is -1.98.